The molecular weight excluding hydrogens is 146 g/mol. The van der Waals surface area contributed by atoms with E-state index in [2.05, 4.69) is 5.32 Å². The molecule has 64 valence electrons. The lowest BCUT2D eigenvalue weighted by atomic mass is 10.1. The van der Waals surface area contributed by atoms with Gasteiger partial charge in [-0.3, -0.25) is 5.32 Å². The second-order valence-electron chi connectivity index (χ2n) is 2.86. The zero-order valence-corrected chi connectivity index (χ0v) is 6.74. The molecule has 0 aromatic carbocycles. The molecule has 1 heterocycles. The Morgan fingerprint density at radius 3 is 2.45 bits per heavy atom. The number of carbonyl (C=O) groups excluding carboxylic acids is 1. The average Bonchev–Trinajstić information content (AvgIpc) is 1.85. The first-order valence-electron chi connectivity index (χ1n) is 3.68. The van der Waals surface area contributed by atoms with Crippen LogP contribution >= 0.6 is 0 Å². The first kappa shape index (κ1) is 8.64. The summed E-state index contributed by atoms with van der Waals surface area (Å²) in [6.07, 6.45) is 0.489. The van der Waals surface area contributed by atoms with Gasteiger partial charge in [0.1, 0.15) is 6.29 Å². The molecular formula is C7H13NO3. The Labute approximate surface area is 65.9 Å². The largest absolute Gasteiger partial charge is 0.313 e. The van der Waals surface area contributed by atoms with E-state index in [1.165, 1.54) is 0 Å². The summed E-state index contributed by atoms with van der Waals surface area (Å²) in [6, 6.07) is -0.180. The van der Waals surface area contributed by atoms with Crippen molar-refractivity contribution in [1.29, 1.82) is 0 Å². The van der Waals surface area contributed by atoms with E-state index in [1.54, 1.807) is 0 Å². The van der Waals surface area contributed by atoms with Crippen molar-refractivity contribution in [1.82, 2.24) is 5.32 Å². The second kappa shape index (κ2) is 3.80. The highest BCUT2D eigenvalue weighted by Gasteiger charge is 2.23. The number of aldehydes is 1. The molecule has 11 heavy (non-hydrogen) atoms. The zero-order valence-electron chi connectivity index (χ0n) is 6.74. The van der Waals surface area contributed by atoms with Gasteiger partial charge in [0.2, 0.25) is 6.41 Å². The Morgan fingerprint density at radius 2 is 2.18 bits per heavy atom. The predicted octanol–water partition coefficient (Wildman–Crippen LogP) is 0.0874. The third-order valence-corrected chi connectivity index (χ3v) is 1.63. The molecule has 1 fully saturated rings. The minimum absolute atomic E-state index is 0.180. The average molecular weight is 159 g/mol. The molecule has 1 rings (SSSR count). The fourth-order valence-corrected chi connectivity index (χ4v) is 0.778. The minimum atomic E-state index is -0.382. The number of rotatable bonds is 4. The van der Waals surface area contributed by atoms with Gasteiger partial charge in [-0.05, 0) is 5.92 Å². The Kier molecular flexibility index (Phi) is 2.99. The lowest BCUT2D eigenvalue weighted by Crippen LogP contribution is -2.50. The molecule has 0 saturated carbocycles. The Bertz CT molecular complexity index is 134. The number of ether oxygens (including phenoxy) is 2. The molecule has 0 aromatic rings. The summed E-state index contributed by atoms with van der Waals surface area (Å²) in [5.74, 6) is 0.264. The van der Waals surface area contributed by atoms with Crippen LogP contribution in [0.25, 0.3) is 0 Å². The summed E-state index contributed by atoms with van der Waals surface area (Å²) >= 11 is 0. The molecule has 0 aromatic heterocycles. The van der Waals surface area contributed by atoms with Gasteiger partial charge in [-0.2, -0.15) is 0 Å². The van der Waals surface area contributed by atoms with E-state index >= 15 is 0 Å². The van der Waals surface area contributed by atoms with Crippen LogP contribution in [0, 0.1) is 5.92 Å². The third-order valence-electron chi connectivity index (χ3n) is 1.63. The topological polar surface area (TPSA) is 47.6 Å². The van der Waals surface area contributed by atoms with E-state index in [4.69, 9.17) is 9.47 Å². The molecule has 0 bridgehead atoms. The van der Waals surface area contributed by atoms with E-state index in [0.717, 1.165) is 6.29 Å². The van der Waals surface area contributed by atoms with Crippen LogP contribution in [0.5, 0.6) is 0 Å². The third kappa shape index (κ3) is 2.25. The molecule has 0 unspecified atom stereocenters. The van der Waals surface area contributed by atoms with Crippen LogP contribution in [-0.4, -0.2) is 25.5 Å². The SMILES string of the molecule is CC(C)[C@@H](C=O)NC1OCO1. The van der Waals surface area contributed by atoms with E-state index in [9.17, 15) is 4.79 Å². The maximum atomic E-state index is 10.4. The summed E-state index contributed by atoms with van der Waals surface area (Å²) in [7, 11) is 0. The summed E-state index contributed by atoms with van der Waals surface area (Å²) in [6.45, 7) is 4.25. The van der Waals surface area contributed by atoms with Gasteiger partial charge in [-0.25, -0.2) is 0 Å². The lowest BCUT2D eigenvalue weighted by molar-refractivity contribution is -0.335. The van der Waals surface area contributed by atoms with Gasteiger partial charge in [0, 0.05) is 0 Å². The van der Waals surface area contributed by atoms with Crippen LogP contribution in [-0.2, 0) is 14.3 Å². The van der Waals surface area contributed by atoms with Crippen LogP contribution in [0.1, 0.15) is 13.8 Å². The molecule has 0 aliphatic carbocycles. The van der Waals surface area contributed by atoms with Crippen LogP contribution in [0.3, 0.4) is 0 Å². The Balaban J connectivity index is 2.24. The highest BCUT2D eigenvalue weighted by molar-refractivity contribution is 5.57. The fourth-order valence-electron chi connectivity index (χ4n) is 0.778. The van der Waals surface area contributed by atoms with Crippen LogP contribution in [0.4, 0.5) is 0 Å². The Morgan fingerprint density at radius 1 is 1.55 bits per heavy atom. The van der Waals surface area contributed by atoms with Crippen LogP contribution in [0.15, 0.2) is 0 Å². The van der Waals surface area contributed by atoms with E-state index in [-0.39, 0.29) is 18.4 Å². The normalized spacial score (nSPS) is 21.4. The molecule has 4 heteroatoms. The van der Waals surface area contributed by atoms with E-state index in [0.29, 0.717) is 6.79 Å². The van der Waals surface area contributed by atoms with Crippen molar-refractivity contribution in [2.45, 2.75) is 26.3 Å². The van der Waals surface area contributed by atoms with Gasteiger partial charge in [-0.15, -0.1) is 0 Å². The quantitative estimate of drug-likeness (QED) is 0.590. The first-order valence-corrected chi connectivity index (χ1v) is 3.68. The molecule has 1 aliphatic heterocycles. The zero-order chi connectivity index (χ0) is 8.27. The molecule has 0 spiro atoms. The van der Waals surface area contributed by atoms with Crippen molar-refractivity contribution in [3.05, 3.63) is 0 Å². The number of hydrogen-bond acceptors (Lipinski definition) is 4. The van der Waals surface area contributed by atoms with Crippen molar-refractivity contribution < 1.29 is 14.3 Å². The van der Waals surface area contributed by atoms with E-state index in [1.807, 2.05) is 13.8 Å². The first-order chi connectivity index (χ1) is 5.24. The molecule has 1 N–H and O–H groups in total. The summed E-state index contributed by atoms with van der Waals surface area (Å²) < 4.78 is 9.84. The molecule has 1 atom stereocenters. The minimum Gasteiger partial charge on any atom is -0.313 e. The molecule has 0 amide bonds. The highest BCUT2D eigenvalue weighted by atomic mass is 16.9. The van der Waals surface area contributed by atoms with Gasteiger partial charge in [0.05, 0.1) is 6.04 Å². The van der Waals surface area contributed by atoms with Gasteiger partial charge in [0.15, 0.2) is 6.79 Å². The van der Waals surface area contributed by atoms with Crippen molar-refractivity contribution in [2.75, 3.05) is 6.79 Å². The molecule has 1 aliphatic rings. The summed E-state index contributed by atoms with van der Waals surface area (Å²) in [4.78, 5) is 10.4. The highest BCUT2D eigenvalue weighted by Crippen LogP contribution is 2.07. The monoisotopic (exact) mass is 159 g/mol. The van der Waals surface area contributed by atoms with Gasteiger partial charge in [-0.1, -0.05) is 13.8 Å². The summed E-state index contributed by atoms with van der Waals surface area (Å²) in [5.41, 5.74) is 0. The van der Waals surface area contributed by atoms with E-state index < -0.39 is 0 Å². The van der Waals surface area contributed by atoms with Gasteiger partial charge in [0.25, 0.3) is 0 Å². The molecule has 4 nitrogen and oxygen atoms in total. The van der Waals surface area contributed by atoms with Crippen molar-refractivity contribution in [3.63, 3.8) is 0 Å². The van der Waals surface area contributed by atoms with Crippen molar-refractivity contribution in [3.8, 4) is 0 Å². The number of hydrogen-bond donors (Lipinski definition) is 1. The van der Waals surface area contributed by atoms with Crippen molar-refractivity contribution >= 4 is 6.29 Å². The molecule has 1 saturated heterocycles. The number of carbonyl (C=O) groups is 1. The Hall–Kier alpha value is -0.450. The molecule has 0 radical (unpaired) electrons. The van der Waals surface area contributed by atoms with Crippen LogP contribution in [0.2, 0.25) is 0 Å². The van der Waals surface area contributed by atoms with Gasteiger partial charge >= 0.3 is 0 Å². The predicted molar refractivity (Wildman–Crippen MR) is 38.7 cm³/mol. The van der Waals surface area contributed by atoms with Gasteiger partial charge < -0.3 is 14.3 Å². The number of nitrogens with one attached hydrogen (secondary N) is 1. The summed E-state index contributed by atoms with van der Waals surface area (Å²) in [5, 5.41) is 2.89. The van der Waals surface area contributed by atoms with Crippen LogP contribution < -0.4 is 5.32 Å². The fraction of sp³-hybridized carbons (Fsp3) is 0.857. The van der Waals surface area contributed by atoms with Crippen molar-refractivity contribution in [2.24, 2.45) is 5.92 Å². The maximum absolute atomic E-state index is 10.4. The lowest BCUT2D eigenvalue weighted by Gasteiger charge is -2.30. The standard InChI is InChI=1S/C7H13NO3/c1-5(2)6(3-9)8-7-10-4-11-7/h3,5-8H,4H2,1-2H3/t6-/m1/s1. The smallest absolute Gasteiger partial charge is 0.221 e. The maximum Gasteiger partial charge on any atom is 0.221 e. The second-order valence-corrected chi connectivity index (χ2v) is 2.86.